The fourth-order valence-corrected chi connectivity index (χ4v) is 5.07. The van der Waals surface area contributed by atoms with Crippen molar-refractivity contribution in [3.63, 3.8) is 0 Å². The highest BCUT2D eigenvalue weighted by Gasteiger charge is 2.17. The predicted molar refractivity (Wildman–Crippen MR) is 148 cm³/mol. The molecule has 34 heavy (non-hydrogen) atoms. The predicted octanol–water partition coefficient (Wildman–Crippen LogP) is 9.43. The van der Waals surface area contributed by atoms with Gasteiger partial charge in [0.05, 0.1) is 19.5 Å². The summed E-state index contributed by atoms with van der Waals surface area (Å²) in [5.74, 6) is 1.48. The van der Waals surface area contributed by atoms with E-state index in [1.807, 2.05) is 0 Å². The maximum absolute atomic E-state index is 2.54. The number of benzene rings is 1. The Morgan fingerprint density at radius 1 is 0.588 bits per heavy atom. The Bertz CT molecular complexity index is 703. The highest BCUT2D eigenvalue weighted by molar-refractivity contribution is 5.18. The normalized spacial score (nSPS) is 11.4. The molecule has 2 nitrogen and oxygen atoms in total. The number of unbranched alkanes of at least 4 members (excludes halogenated alkanes) is 16. The lowest BCUT2D eigenvalue weighted by Gasteiger charge is -2.07. The average molecular weight is 468 g/mol. The minimum atomic E-state index is 1.04. The van der Waals surface area contributed by atoms with E-state index in [1.54, 1.807) is 0 Å². The second-order valence-electron chi connectivity index (χ2n) is 10.4. The van der Waals surface area contributed by atoms with Crippen molar-refractivity contribution in [2.75, 3.05) is 0 Å². The van der Waals surface area contributed by atoms with Crippen LogP contribution in [0.25, 0.3) is 0 Å². The summed E-state index contributed by atoms with van der Waals surface area (Å²) in [4.78, 5) is 0. The van der Waals surface area contributed by atoms with Gasteiger partial charge in [0.2, 0.25) is 0 Å². The Morgan fingerprint density at radius 2 is 1.09 bits per heavy atom. The molecule has 0 bridgehead atoms. The van der Waals surface area contributed by atoms with Crippen LogP contribution in [0.4, 0.5) is 0 Å². The Hall–Kier alpha value is -1.57. The van der Waals surface area contributed by atoms with E-state index in [1.165, 1.54) is 134 Å². The van der Waals surface area contributed by atoms with Gasteiger partial charge < -0.3 is 0 Å². The van der Waals surface area contributed by atoms with Crippen LogP contribution < -0.4 is 4.57 Å². The monoisotopic (exact) mass is 467 g/mol. The van der Waals surface area contributed by atoms with Crippen molar-refractivity contribution in [2.45, 2.75) is 149 Å². The molecule has 2 rings (SSSR count). The van der Waals surface area contributed by atoms with Crippen LogP contribution >= 0.6 is 0 Å². The molecule has 0 amide bonds. The average Bonchev–Trinajstić information content (AvgIpc) is 3.23. The number of rotatable bonds is 22. The van der Waals surface area contributed by atoms with E-state index in [0.717, 1.165) is 13.0 Å². The van der Waals surface area contributed by atoms with Crippen molar-refractivity contribution >= 4 is 0 Å². The second-order valence-corrected chi connectivity index (χ2v) is 10.4. The van der Waals surface area contributed by atoms with Crippen LogP contribution in [-0.2, 0) is 19.5 Å². The molecular formula is C32H55N2+. The third kappa shape index (κ3) is 12.8. The molecule has 1 aromatic carbocycles. The van der Waals surface area contributed by atoms with Crippen LogP contribution in [0.3, 0.4) is 0 Å². The molecule has 0 atom stereocenters. The number of hydrogen-bond acceptors (Lipinski definition) is 0. The zero-order valence-corrected chi connectivity index (χ0v) is 22.8. The summed E-state index contributed by atoms with van der Waals surface area (Å²) in [5.41, 5.74) is 1.42. The summed E-state index contributed by atoms with van der Waals surface area (Å²) in [7, 11) is 0. The topological polar surface area (TPSA) is 8.81 Å². The highest BCUT2D eigenvalue weighted by Crippen LogP contribution is 2.14. The highest BCUT2D eigenvalue weighted by atomic mass is 15.1. The lowest BCUT2D eigenvalue weighted by atomic mass is 10.0. The maximum Gasteiger partial charge on any atom is 0.260 e. The zero-order chi connectivity index (χ0) is 24.1. The minimum absolute atomic E-state index is 1.04. The van der Waals surface area contributed by atoms with Crippen LogP contribution in [-0.4, -0.2) is 4.57 Å². The number of hydrogen-bond donors (Lipinski definition) is 0. The minimum Gasteiger partial charge on any atom is -0.234 e. The Labute approximate surface area is 212 Å². The molecule has 192 valence electrons. The summed E-state index contributed by atoms with van der Waals surface area (Å²) in [6, 6.07) is 11.0. The van der Waals surface area contributed by atoms with E-state index in [4.69, 9.17) is 0 Å². The summed E-state index contributed by atoms with van der Waals surface area (Å²) < 4.78 is 5.06. The fourth-order valence-electron chi connectivity index (χ4n) is 5.07. The van der Waals surface area contributed by atoms with Crippen LogP contribution in [0.2, 0.25) is 0 Å². The quantitative estimate of drug-likeness (QED) is 0.120. The number of nitrogens with zero attached hydrogens (tertiary/aromatic N) is 2. The third-order valence-electron chi connectivity index (χ3n) is 7.30. The third-order valence-corrected chi connectivity index (χ3v) is 7.30. The van der Waals surface area contributed by atoms with Crippen molar-refractivity contribution in [1.82, 2.24) is 4.57 Å². The number of aryl methyl sites for hydroxylation is 2. The maximum atomic E-state index is 2.54. The molecule has 0 aliphatic heterocycles. The van der Waals surface area contributed by atoms with E-state index in [9.17, 15) is 0 Å². The van der Waals surface area contributed by atoms with Crippen molar-refractivity contribution in [2.24, 2.45) is 0 Å². The van der Waals surface area contributed by atoms with Gasteiger partial charge in [-0.2, -0.15) is 0 Å². The first-order chi connectivity index (χ1) is 16.8. The first-order valence-electron chi connectivity index (χ1n) is 15.0. The van der Waals surface area contributed by atoms with Crippen molar-refractivity contribution in [3.05, 3.63) is 54.1 Å². The standard InChI is InChI=1S/C32H55N2/c1-3-5-7-9-10-11-12-13-14-15-16-17-18-23-27-34-29-28-33(26-22-8-6-4-2)32(34)30-31-24-20-19-21-25-31/h19-21,24-25,28-29H,3-18,22-23,26-27,30H2,1-2H3/q+1. The molecule has 0 radical (unpaired) electrons. The summed E-state index contributed by atoms with van der Waals surface area (Å²) in [6.45, 7) is 6.92. The lowest BCUT2D eigenvalue weighted by Crippen LogP contribution is -2.37. The molecular weight excluding hydrogens is 412 g/mol. The molecule has 2 heteroatoms. The van der Waals surface area contributed by atoms with E-state index in [2.05, 4.69) is 65.7 Å². The van der Waals surface area contributed by atoms with Gasteiger partial charge in [0.15, 0.2) is 0 Å². The van der Waals surface area contributed by atoms with E-state index in [0.29, 0.717) is 0 Å². The van der Waals surface area contributed by atoms with Gasteiger partial charge in [0.25, 0.3) is 5.82 Å². The van der Waals surface area contributed by atoms with Crippen molar-refractivity contribution in [1.29, 1.82) is 0 Å². The molecule has 0 aliphatic carbocycles. The lowest BCUT2D eigenvalue weighted by molar-refractivity contribution is -0.703. The first kappa shape index (κ1) is 28.7. The molecule has 0 unspecified atom stereocenters. The van der Waals surface area contributed by atoms with Crippen LogP contribution in [0.1, 0.15) is 141 Å². The second kappa shape index (κ2) is 19.7. The van der Waals surface area contributed by atoms with Gasteiger partial charge in [-0.05, 0) is 31.2 Å². The summed E-state index contributed by atoms with van der Waals surface area (Å²) in [6.07, 6.45) is 31.0. The first-order valence-corrected chi connectivity index (χ1v) is 15.0. The molecule has 0 aliphatic rings. The van der Waals surface area contributed by atoms with Crippen LogP contribution in [0, 0.1) is 0 Å². The van der Waals surface area contributed by atoms with Gasteiger partial charge in [-0.3, -0.25) is 0 Å². The SMILES string of the molecule is CCCCCCCCCCCCCCCC[n+]1ccn(CCCCCC)c1Cc1ccccc1. The molecule has 0 spiro atoms. The van der Waals surface area contributed by atoms with E-state index in [-0.39, 0.29) is 0 Å². The van der Waals surface area contributed by atoms with Gasteiger partial charge in [-0.15, -0.1) is 0 Å². The van der Waals surface area contributed by atoms with Gasteiger partial charge in [-0.1, -0.05) is 134 Å². The smallest absolute Gasteiger partial charge is 0.234 e. The van der Waals surface area contributed by atoms with Crippen LogP contribution in [0.5, 0.6) is 0 Å². The Balaban J connectivity index is 1.62. The number of imidazole rings is 1. The molecule has 1 aromatic heterocycles. The Kier molecular flexibility index (Phi) is 16.6. The van der Waals surface area contributed by atoms with Crippen molar-refractivity contribution in [3.8, 4) is 0 Å². The molecule has 0 fully saturated rings. The van der Waals surface area contributed by atoms with Crippen molar-refractivity contribution < 1.29 is 4.57 Å². The summed E-state index contributed by atoms with van der Waals surface area (Å²) in [5, 5.41) is 0. The zero-order valence-electron chi connectivity index (χ0n) is 22.8. The fraction of sp³-hybridized carbons (Fsp3) is 0.719. The summed E-state index contributed by atoms with van der Waals surface area (Å²) >= 11 is 0. The molecule has 0 N–H and O–H groups in total. The molecule has 2 aromatic rings. The molecule has 0 saturated heterocycles. The van der Waals surface area contributed by atoms with Gasteiger partial charge >= 0.3 is 0 Å². The van der Waals surface area contributed by atoms with E-state index >= 15 is 0 Å². The number of aromatic nitrogens is 2. The largest absolute Gasteiger partial charge is 0.260 e. The molecule has 1 heterocycles. The van der Waals surface area contributed by atoms with Gasteiger partial charge in [0.1, 0.15) is 12.4 Å². The van der Waals surface area contributed by atoms with Gasteiger partial charge in [0, 0.05) is 0 Å². The van der Waals surface area contributed by atoms with Crippen LogP contribution in [0.15, 0.2) is 42.7 Å². The Morgan fingerprint density at radius 3 is 1.65 bits per heavy atom. The molecule has 0 saturated carbocycles. The van der Waals surface area contributed by atoms with Gasteiger partial charge in [-0.25, -0.2) is 9.13 Å². The van der Waals surface area contributed by atoms with E-state index < -0.39 is 0 Å².